The van der Waals surface area contributed by atoms with Gasteiger partial charge < -0.3 is 10.3 Å². The molecule has 174 valence electrons. The molecule has 0 saturated heterocycles. The van der Waals surface area contributed by atoms with E-state index in [2.05, 4.69) is 87.3 Å². The van der Waals surface area contributed by atoms with Crippen molar-refractivity contribution < 1.29 is 0 Å². The minimum atomic E-state index is 0.790. The Balaban J connectivity index is 1.58. The molecule has 0 atom stereocenters. The lowest BCUT2D eigenvalue weighted by atomic mass is 10.00. The topological polar surface area (TPSA) is 82.3 Å². The van der Waals surface area contributed by atoms with Gasteiger partial charge in [-0.1, -0.05) is 43.9 Å². The van der Waals surface area contributed by atoms with Gasteiger partial charge in [0, 0.05) is 35.3 Å². The van der Waals surface area contributed by atoms with Gasteiger partial charge in [0.2, 0.25) is 0 Å². The highest BCUT2D eigenvalue weighted by molar-refractivity contribution is 6.01. The molecule has 0 aliphatic rings. The second kappa shape index (κ2) is 9.91. The van der Waals surface area contributed by atoms with Crippen LogP contribution in [-0.4, -0.2) is 38.2 Å². The Morgan fingerprint density at radius 2 is 2.00 bits per heavy atom. The number of fused-ring (bicyclic) bond motifs is 2. The zero-order chi connectivity index (χ0) is 24.2. The van der Waals surface area contributed by atoms with Crippen molar-refractivity contribution in [3.63, 3.8) is 0 Å². The van der Waals surface area contributed by atoms with Crippen LogP contribution in [0.15, 0.2) is 91.4 Å². The molecule has 0 saturated carbocycles. The first kappa shape index (κ1) is 22.5. The Kier molecular flexibility index (Phi) is 6.37. The number of allylic oxidation sites excluding steroid dienone is 3. The minimum absolute atomic E-state index is 0.790. The van der Waals surface area contributed by atoms with Crippen molar-refractivity contribution in [1.82, 2.24) is 30.5 Å². The molecule has 0 aliphatic heterocycles. The molecule has 0 fully saturated rings. The third kappa shape index (κ3) is 4.44. The average molecular weight is 461 g/mol. The molecule has 35 heavy (non-hydrogen) atoms. The van der Waals surface area contributed by atoms with Gasteiger partial charge in [-0.25, -0.2) is 0 Å². The number of aromatic amines is 2. The molecular weight excluding hydrogens is 432 g/mol. The van der Waals surface area contributed by atoms with Crippen LogP contribution in [0.5, 0.6) is 0 Å². The molecule has 0 bridgehead atoms. The van der Waals surface area contributed by atoms with E-state index in [0.717, 1.165) is 74.3 Å². The van der Waals surface area contributed by atoms with Gasteiger partial charge in [0.25, 0.3) is 0 Å². The van der Waals surface area contributed by atoms with Crippen LogP contribution >= 0.6 is 0 Å². The highest BCUT2D eigenvalue weighted by atomic mass is 15.1. The number of likely N-dealkylation sites (N-methyl/N-ethyl adjacent to an activating group) is 1. The van der Waals surface area contributed by atoms with Crippen molar-refractivity contribution in [2.24, 2.45) is 0 Å². The molecule has 5 aromatic rings. The van der Waals surface area contributed by atoms with Crippen LogP contribution in [0.3, 0.4) is 0 Å². The predicted octanol–water partition coefficient (Wildman–Crippen LogP) is 6.29. The summed E-state index contributed by atoms with van der Waals surface area (Å²) in [6.45, 7) is 9.85. The molecule has 6 heteroatoms. The smallest absolute Gasteiger partial charge is 0.116 e. The summed E-state index contributed by atoms with van der Waals surface area (Å²) in [5, 5.41) is 13.3. The number of hydrogen-bond donors (Lipinski definition) is 3. The minimum Gasteiger partial charge on any atom is -0.352 e. The fourth-order valence-electron chi connectivity index (χ4n) is 4.29. The average Bonchev–Trinajstić information content (AvgIpc) is 3.53. The van der Waals surface area contributed by atoms with E-state index in [1.165, 1.54) is 0 Å². The second-order valence-electron chi connectivity index (χ2n) is 8.33. The van der Waals surface area contributed by atoms with Crippen LogP contribution in [0.2, 0.25) is 0 Å². The van der Waals surface area contributed by atoms with E-state index in [0.29, 0.717) is 0 Å². The van der Waals surface area contributed by atoms with Crippen molar-refractivity contribution in [3.8, 4) is 22.6 Å². The van der Waals surface area contributed by atoms with E-state index < -0.39 is 0 Å². The van der Waals surface area contributed by atoms with Crippen LogP contribution in [0.4, 0.5) is 0 Å². The maximum atomic E-state index is 4.65. The first-order chi connectivity index (χ1) is 17.2. The maximum Gasteiger partial charge on any atom is 0.116 e. The predicted molar refractivity (Wildman–Crippen MR) is 145 cm³/mol. The first-order valence-corrected chi connectivity index (χ1v) is 11.8. The van der Waals surface area contributed by atoms with E-state index in [-0.39, 0.29) is 0 Å². The normalized spacial score (nSPS) is 12.5. The quantitative estimate of drug-likeness (QED) is 0.238. The molecule has 0 spiro atoms. The first-order valence-electron chi connectivity index (χ1n) is 11.8. The fraction of sp³-hybridized carbons (Fsp3) is 0.138. The number of aromatic nitrogens is 5. The van der Waals surface area contributed by atoms with Gasteiger partial charge in [-0.2, -0.15) is 5.10 Å². The third-order valence-corrected chi connectivity index (χ3v) is 6.13. The number of pyridine rings is 2. The summed E-state index contributed by atoms with van der Waals surface area (Å²) >= 11 is 0. The van der Waals surface area contributed by atoms with Gasteiger partial charge in [0.1, 0.15) is 5.69 Å². The molecule has 1 aromatic carbocycles. The summed E-state index contributed by atoms with van der Waals surface area (Å²) in [7, 11) is 0. The molecule has 3 N–H and O–H groups in total. The molecule has 6 nitrogen and oxygen atoms in total. The maximum absolute atomic E-state index is 4.65. The lowest BCUT2D eigenvalue weighted by Gasteiger charge is -2.07. The van der Waals surface area contributed by atoms with Gasteiger partial charge >= 0.3 is 0 Å². The molecule has 0 unspecified atom stereocenters. The summed E-state index contributed by atoms with van der Waals surface area (Å²) in [6, 6.07) is 14.4. The summed E-state index contributed by atoms with van der Waals surface area (Å²) in [4.78, 5) is 12.4. The lowest BCUT2D eigenvalue weighted by molar-refractivity contribution is 0.785. The number of H-pyrrole nitrogens is 2. The van der Waals surface area contributed by atoms with E-state index >= 15 is 0 Å². The van der Waals surface area contributed by atoms with Gasteiger partial charge in [-0.3, -0.25) is 15.1 Å². The van der Waals surface area contributed by atoms with E-state index in [9.17, 15) is 0 Å². The monoisotopic (exact) mass is 460 g/mol. The molecule has 4 heterocycles. The molecule has 0 amide bonds. The van der Waals surface area contributed by atoms with Gasteiger partial charge in [-0.15, -0.1) is 0 Å². The molecule has 4 aromatic heterocycles. The van der Waals surface area contributed by atoms with E-state index in [1.54, 1.807) is 6.20 Å². The highest BCUT2D eigenvalue weighted by Crippen LogP contribution is 2.34. The molecule has 0 radical (unpaired) electrons. The molecule has 0 aliphatic carbocycles. The van der Waals surface area contributed by atoms with Crippen LogP contribution in [0.1, 0.15) is 19.4 Å². The van der Waals surface area contributed by atoms with E-state index in [1.807, 2.05) is 36.7 Å². The van der Waals surface area contributed by atoms with Crippen molar-refractivity contribution in [1.29, 1.82) is 0 Å². The van der Waals surface area contributed by atoms with Gasteiger partial charge in [0.15, 0.2) is 0 Å². The fourth-order valence-corrected chi connectivity index (χ4v) is 4.29. The molecular formula is C29H28N6. The summed E-state index contributed by atoms with van der Waals surface area (Å²) in [5.74, 6) is 0. The molecule has 5 rings (SSSR count). The van der Waals surface area contributed by atoms with E-state index in [4.69, 9.17) is 0 Å². The number of nitrogens with one attached hydrogen (secondary N) is 3. The Bertz CT molecular complexity index is 1550. The standard InChI is InChI=1S/C29H28N6/c1-4-19(16-30-6-3)13-20(5-2)21-10-11-26-23(14-21)29(35-34-26)27-15-22-24(17-31-18-28(22)33-27)25-9-7-8-12-32-25/h4-5,7-15,17-18,30,33H,1,6,16H2,2-3H3,(H,34,35)/b19-13+,20-5+. The van der Waals surface area contributed by atoms with Crippen LogP contribution in [0, 0.1) is 0 Å². The largest absolute Gasteiger partial charge is 0.352 e. The Labute approximate surface area is 204 Å². The Hall–Kier alpha value is -4.29. The summed E-state index contributed by atoms with van der Waals surface area (Å²) in [5.41, 5.74) is 9.06. The highest BCUT2D eigenvalue weighted by Gasteiger charge is 2.15. The number of rotatable bonds is 8. The van der Waals surface area contributed by atoms with Crippen molar-refractivity contribution in [2.45, 2.75) is 13.8 Å². The number of nitrogens with zero attached hydrogens (tertiary/aromatic N) is 3. The van der Waals surface area contributed by atoms with Crippen molar-refractivity contribution in [3.05, 3.63) is 97.0 Å². The Morgan fingerprint density at radius 3 is 2.77 bits per heavy atom. The summed E-state index contributed by atoms with van der Waals surface area (Å²) < 4.78 is 0. The number of hydrogen-bond acceptors (Lipinski definition) is 4. The Morgan fingerprint density at radius 1 is 1.09 bits per heavy atom. The number of benzene rings is 1. The second-order valence-corrected chi connectivity index (χ2v) is 8.33. The van der Waals surface area contributed by atoms with Crippen molar-refractivity contribution >= 4 is 27.4 Å². The SMILES string of the molecule is C=C/C(=C\C(=C/C)c1ccc2[nH]nc(-c3cc4c(-c5ccccn5)cncc4[nH]3)c2c1)CNCC. The van der Waals surface area contributed by atoms with Crippen LogP contribution in [-0.2, 0) is 0 Å². The van der Waals surface area contributed by atoms with Crippen LogP contribution in [0.25, 0.3) is 50.0 Å². The third-order valence-electron chi connectivity index (χ3n) is 6.13. The zero-order valence-corrected chi connectivity index (χ0v) is 20.0. The van der Waals surface area contributed by atoms with Gasteiger partial charge in [0.05, 0.1) is 28.6 Å². The van der Waals surface area contributed by atoms with Gasteiger partial charge in [-0.05, 0) is 60.5 Å². The zero-order valence-electron chi connectivity index (χ0n) is 20.0. The van der Waals surface area contributed by atoms with Crippen LogP contribution < -0.4 is 5.32 Å². The summed E-state index contributed by atoms with van der Waals surface area (Å²) in [6.07, 6.45) is 11.7. The van der Waals surface area contributed by atoms with Crippen molar-refractivity contribution in [2.75, 3.05) is 13.1 Å². The lowest BCUT2D eigenvalue weighted by Crippen LogP contribution is -2.15.